The molecule has 150 valence electrons. The number of nitrogens with zero attached hydrogens (tertiary/aromatic N) is 4. The minimum Gasteiger partial charge on any atom is -0.394 e. The van der Waals surface area contributed by atoms with Crippen LogP contribution < -0.4 is 0 Å². The molecule has 2 saturated heterocycles. The molecule has 7 heteroatoms. The zero-order chi connectivity index (χ0) is 20.2. The van der Waals surface area contributed by atoms with Crippen molar-refractivity contribution in [2.24, 2.45) is 0 Å². The highest BCUT2D eigenvalue weighted by molar-refractivity contribution is 5.81. The molecule has 7 nitrogen and oxygen atoms in total. The van der Waals surface area contributed by atoms with E-state index in [1.54, 1.807) is 17.3 Å². The fourth-order valence-corrected chi connectivity index (χ4v) is 4.22. The number of aliphatic hydroxyl groups excluding tert-OH is 1. The molecule has 0 radical (unpaired) electrons. The van der Waals surface area contributed by atoms with E-state index >= 15 is 0 Å². The van der Waals surface area contributed by atoms with Gasteiger partial charge in [0, 0.05) is 31.4 Å². The van der Waals surface area contributed by atoms with Gasteiger partial charge in [0.2, 0.25) is 5.91 Å². The predicted octanol–water partition coefficient (Wildman–Crippen LogP) is 1.26. The molecule has 1 amide bonds. The second-order valence-corrected chi connectivity index (χ2v) is 7.40. The van der Waals surface area contributed by atoms with Crippen LogP contribution in [0.4, 0.5) is 0 Å². The Morgan fingerprint density at radius 3 is 2.41 bits per heavy atom. The SMILES string of the molecule is N#C[C@@H]1[C@@H](c2ccc(-c3ccncc3)cc2)[C@@H](CO)N1C(=O)CN1CCOCC1. The molecule has 1 aromatic heterocycles. The Morgan fingerprint density at radius 2 is 1.79 bits per heavy atom. The Kier molecular flexibility index (Phi) is 5.86. The van der Waals surface area contributed by atoms with E-state index in [1.807, 2.05) is 41.3 Å². The van der Waals surface area contributed by atoms with E-state index in [-0.39, 0.29) is 31.0 Å². The number of hydrogen-bond acceptors (Lipinski definition) is 6. The topological polar surface area (TPSA) is 89.7 Å². The summed E-state index contributed by atoms with van der Waals surface area (Å²) in [6.07, 6.45) is 3.50. The molecule has 0 spiro atoms. The molecule has 29 heavy (non-hydrogen) atoms. The molecular weight excluding hydrogens is 368 g/mol. The van der Waals surface area contributed by atoms with Crippen LogP contribution in [0, 0.1) is 11.3 Å². The summed E-state index contributed by atoms with van der Waals surface area (Å²) in [6.45, 7) is 2.74. The molecular formula is C22H24N4O3. The maximum absolute atomic E-state index is 12.8. The van der Waals surface area contributed by atoms with Crippen LogP contribution in [-0.2, 0) is 9.53 Å². The van der Waals surface area contributed by atoms with Crippen LogP contribution in [0.25, 0.3) is 11.1 Å². The highest BCUT2D eigenvalue weighted by Crippen LogP contribution is 2.41. The maximum atomic E-state index is 12.8. The lowest BCUT2D eigenvalue weighted by atomic mass is 9.75. The van der Waals surface area contributed by atoms with Crippen LogP contribution in [0.5, 0.6) is 0 Å². The van der Waals surface area contributed by atoms with Crippen LogP contribution in [0.2, 0.25) is 0 Å². The van der Waals surface area contributed by atoms with Crippen LogP contribution in [0.15, 0.2) is 48.8 Å². The first-order valence-electron chi connectivity index (χ1n) is 9.85. The minimum atomic E-state index is -0.563. The summed E-state index contributed by atoms with van der Waals surface area (Å²) in [4.78, 5) is 20.4. The van der Waals surface area contributed by atoms with Gasteiger partial charge in [0.25, 0.3) is 0 Å². The molecule has 2 fully saturated rings. The molecule has 2 aliphatic rings. The monoisotopic (exact) mass is 392 g/mol. The molecule has 1 aromatic carbocycles. The van der Waals surface area contributed by atoms with E-state index in [9.17, 15) is 15.2 Å². The van der Waals surface area contributed by atoms with Crippen molar-refractivity contribution in [3.05, 3.63) is 54.4 Å². The molecule has 3 atom stereocenters. The second kappa shape index (κ2) is 8.70. The number of likely N-dealkylation sites (tertiary alicyclic amines) is 1. The molecule has 0 bridgehead atoms. The highest BCUT2D eigenvalue weighted by atomic mass is 16.5. The third-order valence-electron chi connectivity index (χ3n) is 5.79. The summed E-state index contributed by atoms with van der Waals surface area (Å²) in [5.41, 5.74) is 3.09. The Hall–Kier alpha value is -2.79. The van der Waals surface area contributed by atoms with Crippen LogP contribution in [0.3, 0.4) is 0 Å². The number of rotatable bonds is 5. The standard InChI is InChI=1S/C22H24N4O3/c23-13-19-22(18-3-1-16(2-4-18)17-5-7-24-8-6-17)20(15-27)26(19)21(28)14-25-9-11-29-12-10-25/h1-8,19-20,22,27H,9-12,14-15H2/t19-,20-,22-/m1/s1. The van der Waals surface area contributed by atoms with Crippen molar-refractivity contribution in [1.82, 2.24) is 14.8 Å². The zero-order valence-electron chi connectivity index (χ0n) is 16.1. The first-order chi connectivity index (χ1) is 14.2. The molecule has 4 rings (SSSR count). The van der Waals surface area contributed by atoms with E-state index in [0.717, 1.165) is 16.7 Å². The number of benzene rings is 1. The summed E-state index contributed by atoms with van der Waals surface area (Å²) in [6, 6.07) is 13.2. The lowest BCUT2D eigenvalue weighted by Crippen LogP contribution is -2.66. The van der Waals surface area contributed by atoms with E-state index in [0.29, 0.717) is 26.3 Å². The molecule has 3 heterocycles. The predicted molar refractivity (Wildman–Crippen MR) is 107 cm³/mol. The van der Waals surface area contributed by atoms with Gasteiger partial charge >= 0.3 is 0 Å². The van der Waals surface area contributed by atoms with Gasteiger partial charge in [0.1, 0.15) is 6.04 Å². The van der Waals surface area contributed by atoms with Crippen molar-refractivity contribution in [1.29, 1.82) is 5.26 Å². The maximum Gasteiger partial charge on any atom is 0.238 e. The number of aromatic nitrogens is 1. The highest BCUT2D eigenvalue weighted by Gasteiger charge is 2.51. The number of ether oxygens (including phenoxy) is 1. The summed E-state index contributed by atoms with van der Waals surface area (Å²) >= 11 is 0. The molecule has 1 N–H and O–H groups in total. The summed E-state index contributed by atoms with van der Waals surface area (Å²) in [5.74, 6) is -0.299. The van der Waals surface area contributed by atoms with Gasteiger partial charge in [-0.3, -0.25) is 14.7 Å². The molecule has 0 saturated carbocycles. The van der Waals surface area contributed by atoms with Gasteiger partial charge < -0.3 is 14.7 Å². The number of hydrogen-bond donors (Lipinski definition) is 1. The number of morpholine rings is 1. The Balaban J connectivity index is 1.49. The lowest BCUT2D eigenvalue weighted by molar-refractivity contribution is -0.149. The van der Waals surface area contributed by atoms with Gasteiger partial charge in [-0.15, -0.1) is 0 Å². The van der Waals surface area contributed by atoms with Gasteiger partial charge in [0.15, 0.2) is 0 Å². The Morgan fingerprint density at radius 1 is 1.14 bits per heavy atom. The van der Waals surface area contributed by atoms with Crippen LogP contribution in [0.1, 0.15) is 11.5 Å². The van der Waals surface area contributed by atoms with Crippen molar-refractivity contribution in [3.63, 3.8) is 0 Å². The van der Waals surface area contributed by atoms with Crippen LogP contribution in [-0.4, -0.2) is 77.3 Å². The third kappa shape index (κ3) is 3.87. The van der Waals surface area contributed by atoms with E-state index in [1.165, 1.54) is 0 Å². The number of aliphatic hydroxyl groups is 1. The fourth-order valence-electron chi connectivity index (χ4n) is 4.22. The van der Waals surface area contributed by atoms with E-state index in [4.69, 9.17) is 4.74 Å². The van der Waals surface area contributed by atoms with E-state index in [2.05, 4.69) is 11.1 Å². The van der Waals surface area contributed by atoms with Crippen molar-refractivity contribution in [2.45, 2.75) is 18.0 Å². The zero-order valence-corrected chi connectivity index (χ0v) is 16.1. The first-order valence-corrected chi connectivity index (χ1v) is 9.85. The summed E-state index contributed by atoms with van der Waals surface area (Å²) in [7, 11) is 0. The largest absolute Gasteiger partial charge is 0.394 e. The molecule has 0 aliphatic carbocycles. The van der Waals surface area contributed by atoms with Crippen molar-refractivity contribution in [3.8, 4) is 17.2 Å². The number of amides is 1. The quantitative estimate of drug-likeness (QED) is 0.824. The average Bonchev–Trinajstić information content (AvgIpc) is 2.75. The van der Waals surface area contributed by atoms with Gasteiger partial charge in [-0.1, -0.05) is 24.3 Å². The smallest absolute Gasteiger partial charge is 0.238 e. The van der Waals surface area contributed by atoms with Gasteiger partial charge in [-0.2, -0.15) is 5.26 Å². The number of pyridine rings is 1. The molecule has 2 aromatic rings. The third-order valence-corrected chi connectivity index (χ3v) is 5.79. The first kappa shape index (κ1) is 19.5. The summed E-state index contributed by atoms with van der Waals surface area (Å²) < 4.78 is 5.32. The number of carbonyl (C=O) groups is 1. The van der Waals surface area contributed by atoms with Gasteiger partial charge in [0.05, 0.1) is 38.5 Å². The molecule has 0 unspecified atom stereocenters. The normalized spacial score (nSPS) is 24.6. The molecule has 2 aliphatic heterocycles. The average molecular weight is 392 g/mol. The van der Waals surface area contributed by atoms with Crippen LogP contribution >= 0.6 is 0 Å². The van der Waals surface area contributed by atoms with Gasteiger partial charge in [-0.05, 0) is 28.8 Å². The van der Waals surface area contributed by atoms with Crippen molar-refractivity contribution in [2.75, 3.05) is 39.5 Å². The van der Waals surface area contributed by atoms with Crippen molar-refractivity contribution >= 4 is 5.91 Å². The Labute approximate surface area is 170 Å². The minimum absolute atomic E-state index is 0.109. The second-order valence-electron chi connectivity index (χ2n) is 7.40. The number of carbonyl (C=O) groups excluding carboxylic acids is 1. The lowest BCUT2D eigenvalue weighted by Gasteiger charge is -2.52. The van der Waals surface area contributed by atoms with E-state index < -0.39 is 6.04 Å². The summed E-state index contributed by atoms with van der Waals surface area (Å²) in [5, 5.41) is 19.7. The Bertz CT molecular complexity index is 875. The van der Waals surface area contributed by atoms with Gasteiger partial charge in [-0.25, -0.2) is 0 Å². The fraction of sp³-hybridized carbons (Fsp3) is 0.409. The number of nitriles is 1. The van der Waals surface area contributed by atoms with Crippen molar-refractivity contribution < 1.29 is 14.6 Å².